The van der Waals surface area contributed by atoms with E-state index >= 15 is 0 Å². The van der Waals surface area contributed by atoms with Gasteiger partial charge in [-0.25, -0.2) is 0 Å². The van der Waals surface area contributed by atoms with Gasteiger partial charge in [0.2, 0.25) is 0 Å². The summed E-state index contributed by atoms with van der Waals surface area (Å²) >= 11 is 0. The minimum atomic E-state index is -4.61. The van der Waals surface area contributed by atoms with Gasteiger partial charge in [0, 0.05) is 12.8 Å². The summed E-state index contributed by atoms with van der Waals surface area (Å²) in [6.45, 7) is 4.23. The highest BCUT2D eigenvalue weighted by Crippen LogP contribution is 2.38. The van der Waals surface area contributed by atoms with Crippen LogP contribution >= 0.6 is 7.82 Å². The molecule has 10 heteroatoms. The van der Waals surface area contributed by atoms with Crippen LogP contribution in [0.2, 0.25) is 0 Å². The number of likely N-dealkylation sites (N-methyl/N-ethyl adjacent to an activating group) is 1. The van der Waals surface area contributed by atoms with E-state index in [0.29, 0.717) is 17.4 Å². The summed E-state index contributed by atoms with van der Waals surface area (Å²) in [4.78, 5) is 37.3. The average Bonchev–Trinajstić information content (AvgIpc) is 3.04. The lowest BCUT2D eigenvalue weighted by Crippen LogP contribution is -2.37. The maximum atomic E-state index is 12.6. The Morgan fingerprint density at radius 2 is 0.918 bits per heavy atom. The predicted octanol–water partition coefficient (Wildman–Crippen LogP) is 10.2. The van der Waals surface area contributed by atoms with Crippen LogP contribution in [0, 0.1) is 0 Å². The fraction of sp³-hybridized carbons (Fsp3) is 0.949. The molecule has 0 aromatic carbocycles. The largest absolute Gasteiger partial charge is 0.756 e. The van der Waals surface area contributed by atoms with Gasteiger partial charge in [-0.2, -0.15) is 0 Å². The van der Waals surface area contributed by atoms with E-state index in [1.807, 2.05) is 21.1 Å². The molecule has 0 bridgehead atoms. The third-order valence-corrected chi connectivity index (χ3v) is 9.84. The molecule has 0 radical (unpaired) electrons. The molecule has 0 aliphatic rings. The van der Waals surface area contributed by atoms with Crippen molar-refractivity contribution in [2.24, 2.45) is 0 Å². The highest BCUT2D eigenvalue weighted by Gasteiger charge is 2.21. The fourth-order valence-corrected chi connectivity index (χ4v) is 6.38. The highest BCUT2D eigenvalue weighted by molar-refractivity contribution is 7.45. The van der Waals surface area contributed by atoms with Crippen LogP contribution in [0.15, 0.2) is 0 Å². The number of hydrogen-bond acceptors (Lipinski definition) is 8. The summed E-state index contributed by atoms with van der Waals surface area (Å²) in [6.07, 6.45) is 29.8. The third-order valence-electron chi connectivity index (χ3n) is 8.88. The van der Waals surface area contributed by atoms with Crippen LogP contribution in [0.4, 0.5) is 0 Å². The molecule has 0 aliphatic heterocycles. The standard InChI is InChI=1S/C39H78NO8P/c1-6-8-10-12-14-16-18-19-20-22-24-26-28-30-32-39(42)48-37(36-47-49(43,44)46-34-33-40(3,4)5)35-45-38(41)31-29-27-25-23-21-17-15-13-11-9-7-2/h37H,6-36H2,1-5H3/t37-/m1/s1. The number of carbonyl (C=O) groups is 2. The molecule has 0 aliphatic carbocycles. The molecule has 49 heavy (non-hydrogen) atoms. The lowest BCUT2D eigenvalue weighted by molar-refractivity contribution is -0.870. The van der Waals surface area contributed by atoms with Gasteiger partial charge in [-0.1, -0.05) is 162 Å². The molecule has 0 rings (SSSR count). The first-order valence-corrected chi connectivity index (χ1v) is 21.7. The second kappa shape index (κ2) is 32.9. The maximum Gasteiger partial charge on any atom is 0.306 e. The van der Waals surface area contributed by atoms with E-state index in [4.69, 9.17) is 18.5 Å². The van der Waals surface area contributed by atoms with Gasteiger partial charge < -0.3 is 27.9 Å². The molecule has 1 unspecified atom stereocenters. The number of ether oxygens (including phenoxy) is 2. The second-order valence-corrected chi connectivity index (χ2v) is 16.4. The van der Waals surface area contributed by atoms with Crippen molar-refractivity contribution in [2.45, 2.75) is 193 Å². The first-order valence-electron chi connectivity index (χ1n) is 20.2. The lowest BCUT2D eigenvalue weighted by atomic mass is 10.0. The molecular weight excluding hydrogens is 641 g/mol. The number of nitrogens with zero attached hydrogens (tertiary/aromatic N) is 1. The molecule has 0 saturated carbocycles. The predicted molar refractivity (Wildman–Crippen MR) is 199 cm³/mol. The molecule has 2 atom stereocenters. The van der Waals surface area contributed by atoms with Crippen molar-refractivity contribution in [3.63, 3.8) is 0 Å². The number of esters is 2. The summed E-state index contributed by atoms with van der Waals surface area (Å²) in [7, 11) is 1.18. The van der Waals surface area contributed by atoms with Gasteiger partial charge in [-0.05, 0) is 12.8 Å². The van der Waals surface area contributed by atoms with Crippen LogP contribution in [-0.2, 0) is 32.7 Å². The zero-order valence-electron chi connectivity index (χ0n) is 32.7. The molecule has 0 heterocycles. The Morgan fingerprint density at radius 3 is 1.31 bits per heavy atom. The van der Waals surface area contributed by atoms with E-state index in [-0.39, 0.29) is 32.0 Å². The number of rotatable bonds is 37. The average molecular weight is 720 g/mol. The molecular formula is C39H78NO8P. The van der Waals surface area contributed by atoms with E-state index in [2.05, 4.69) is 13.8 Å². The number of unbranched alkanes of at least 4 members (excludes halogenated alkanes) is 23. The molecule has 0 N–H and O–H groups in total. The van der Waals surface area contributed by atoms with Crippen LogP contribution in [0.25, 0.3) is 0 Å². The molecule has 0 aromatic rings. The van der Waals surface area contributed by atoms with Crippen LogP contribution in [-0.4, -0.2) is 70.0 Å². The topological polar surface area (TPSA) is 111 Å². The Kier molecular flexibility index (Phi) is 32.2. The summed E-state index contributed by atoms with van der Waals surface area (Å²) < 4.78 is 33.8. The summed E-state index contributed by atoms with van der Waals surface area (Å²) in [5.41, 5.74) is 0. The number of hydrogen-bond donors (Lipinski definition) is 0. The summed E-state index contributed by atoms with van der Waals surface area (Å²) in [5.74, 6) is -0.825. The van der Waals surface area contributed by atoms with Crippen molar-refractivity contribution in [3.8, 4) is 0 Å². The molecule has 0 saturated heterocycles. The normalized spacial score (nSPS) is 13.7. The van der Waals surface area contributed by atoms with Gasteiger partial charge in [0.1, 0.15) is 19.8 Å². The van der Waals surface area contributed by atoms with Gasteiger partial charge in [0.05, 0.1) is 27.7 Å². The molecule has 292 valence electrons. The van der Waals surface area contributed by atoms with Gasteiger partial charge in [0.15, 0.2) is 6.10 Å². The van der Waals surface area contributed by atoms with Crippen molar-refractivity contribution in [1.82, 2.24) is 0 Å². The molecule has 0 amide bonds. The quantitative estimate of drug-likeness (QED) is 0.0270. The minimum absolute atomic E-state index is 0.0260. The fourth-order valence-electron chi connectivity index (χ4n) is 5.65. The monoisotopic (exact) mass is 720 g/mol. The van der Waals surface area contributed by atoms with Crippen LogP contribution < -0.4 is 4.89 Å². The highest BCUT2D eigenvalue weighted by atomic mass is 31.2. The number of quaternary nitrogens is 1. The molecule has 9 nitrogen and oxygen atoms in total. The minimum Gasteiger partial charge on any atom is -0.756 e. The number of phosphoric acid groups is 1. The van der Waals surface area contributed by atoms with E-state index in [0.717, 1.165) is 32.1 Å². The summed E-state index contributed by atoms with van der Waals surface area (Å²) in [6, 6.07) is 0. The second-order valence-electron chi connectivity index (χ2n) is 15.0. The maximum absolute atomic E-state index is 12.6. The Bertz CT molecular complexity index is 819. The van der Waals surface area contributed by atoms with Crippen molar-refractivity contribution >= 4 is 19.8 Å². The number of carbonyl (C=O) groups excluding carboxylic acids is 2. The zero-order valence-corrected chi connectivity index (χ0v) is 33.6. The van der Waals surface area contributed by atoms with Crippen molar-refractivity contribution < 1.29 is 42.1 Å². The Hall–Kier alpha value is -0.990. The molecule has 0 fully saturated rings. The Balaban J connectivity index is 4.38. The first kappa shape index (κ1) is 48.0. The van der Waals surface area contributed by atoms with Gasteiger partial charge >= 0.3 is 11.9 Å². The smallest absolute Gasteiger partial charge is 0.306 e. The van der Waals surface area contributed by atoms with E-state index in [9.17, 15) is 19.0 Å². The Labute approximate surface area is 302 Å². The van der Waals surface area contributed by atoms with Crippen molar-refractivity contribution in [2.75, 3.05) is 47.5 Å². The van der Waals surface area contributed by atoms with Crippen LogP contribution in [0.5, 0.6) is 0 Å². The zero-order chi connectivity index (χ0) is 36.5. The third kappa shape index (κ3) is 36.6. The van der Waals surface area contributed by atoms with Gasteiger partial charge in [-0.15, -0.1) is 0 Å². The van der Waals surface area contributed by atoms with E-state index in [1.165, 1.54) is 122 Å². The molecule has 0 aromatic heterocycles. The van der Waals surface area contributed by atoms with Crippen LogP contribution in [0.1, 0.15) is 187 Å². The van der Waals surface area contributed by atoms with E-state index < -0.39 is 26.5 Å². The first-order chi connectivity index (χ1) is 23.5. The SMILES string of the molecule is CCCCCCCCCCCCCCCCC(=O)O[C@H](COC(=O)CCCCCCCCCCCCC)COP(=O)([O-])OCC[N+](C)(C)C. The lowest BCUT2D eigenvalue weighted by Gasteiger charge is -2.28. The van der Waals surface area contributed by atoms with Crippen molar-refractivity contribution in [3.05, 3.63) is 0 Å². The van der Waals surface area contributed by atoms with Gasteiger partial charge in [0.25, 0.3) is 7.82 Å². The van der Waals surface area contributed by atoms with E-state index in [1.54, 1.807) is 0 Å². The van der Waals surface area contributed by atoms with Crippen LogP contribution in [0.3, 0.4) is 0 Å². The molecule has 0 spiro atoms. The number of phosphoric ester groups is 1. The van der Waals surface area contributed by atoms with Crippen molar-refractivity contribution in [1.29, 1.82) is 0 Å². The Morgan fingerprint density at radius 1 is 0.551 bits per heavy atom. The summed E-state index contributed by atoms with van der Waals surface area (Å²) in [5, 5.41) is 0. The van der Waals surface area contributed by atoms with Gasteiger partial charge in [-0.3, -0.25) is 14.2 Å².